The van der Waals surface area contributed by atoms with Gasteiger partial charge in [-0.15, -0.1) is 0 Å². The van der Waals surface area contributed by atoms with Gasteiger partial charge in [0.15, 0.2) is 6.10 Å². The maximum absolute atomic E-state index is 12.6. The molecule has 0 bridgehead atoms. The van der Waals surface area contributed by atoms with Crippen LogP contribution in [0.3, 0.4) is 0 Å². The van der Waals surface area contributed by atoms with Gasteiger partial charge in [0.25, 0.3) is 5.91 Å². The van der Waals surface area contributed by atoms with Gasteiger partial charge in [-0.3, -0.25) is 4.79 Å². The minimum atomic E-state index is -0.632. The van der Waals surface area contributed by atoms with E-state index in [1.165, 1.54) is 11.6 Å². The van der Waals surface area contributed by atoms with Crippen molar-refractivity contribution in [2.75, 3.05) is 13.1 Å². The van der Waals surface area contributed by atoms with E-state index in [1.54, 1.807) is 30.0 Å². The highest BCUT2D eigenvalue weighted by Gasteiger charge is 2.25. The number of benzene rings is 2. The molecule has 2 heterocycles. The lowest BCUT2D eigenvalue weighted by molar-refractivity contribution is -0.918. The number of nitrogens with one attached hydrogen (secondary N) is 2. The Hall–Kier alpha value is -3.12. The summed E-state index contributed by atoms with van der Waals surface area (Å²) in [5.74, 6) is 0.378. The third-order valence-corrected chi connectivity index (χ3v) is 5.61. The van der Waals surface area contributed by atoms with Gasteiger partial charge in [0.05, 0.1) is 13.1 Å². The maximum Gasteiger partial charge on any atom is 0.336 e. The number of hydrogen-bond acceptors (Lipinski definition) is 4. The molecule has 0 unspecified atom stereocenters. The number of amides is 1. The van der Waals surface area contributed by atoms with E-state index in [0.717, 1.165) is 37.9 Å². The van der Waals surface area contributed by atoms with Crippen molar-refractivity contribution in [1.82, 2.24) is 5.32 Å². The second kappa shape index (κ2) is 9.13. The summed E-state index contributed by atoms with van der Waals surface area (Å²) in [6, 6.07) is 19.0. The van der Waals surface area contributed by atoms with Crippen molar-refractivity contribution in [2.24, 2.45) is 0 Å². The Morgan fingerprint density at radius 1 is 1.13 bits per heavy atom. The van der Waals surface area contributed by atoms with E-state index in [2.05, 4.69) is 29.6 Å². The zero-order chi connectivity index (χ0) is 20.9. The summed E-state index contributed by atoms with van der Waals surface area (Å²) in [7, 11) is 0. The second-order valence-electron chi connectivity index (χ2n) is 7.91. The van der Waals surface area contributed by atoms with Crippen LogP contribution in [0.4, 0.5) is 0 Å². The number of hydrogen-bond donors (Lipinski definition) is 2. The van der Waals surface area contributed by atoms with Gasteiger partial charge in [0, 0.05) is 42.0 Å². The van der Waals surface area contributed by atoms with Gasteiger partial charge in [-0.25, -0.2) is 4.79 Å². The van der Waals surface area contributed by atoms with Crippen molar-refractivity contribution in [2.45, 2.75) is 38.5 Å². The van der Waals surface area contributed by atoms with Crippen molar-refractivity contribution in [3.05, 3.63) is 76.6 Å². The van der Waals surface area contributed by atoms with Crippen molar-refractivity contribution in [3.63, 3.8) is 0 Å². The van der Waals surface area contributed by atoms with Crippen LogP contribution < -0.4 is 20.6 Å². The van der Waals surface area contributed by atoms with Crippen LogP contribution in [0.2, 0.25) is 0 Å². The fourth-order valence-electron chi connectivity index (χ4n) is 3.92. The molecule has 1 fully saturated rings. The molecular formula is C24H27N2O4+. The molecule has 0 radical (unpaired) electrons. The lowest BCUT2D eigenvalue weighted by Gasteiger charge is -2.30. The molecular weight excluding hydrogens is 380 g/mol. The van der Waals surface area contributed by atoms with Crippen LogP contribution in [-0.4, -0.2) is 31.1 Å². The predicted molar refractivity (Wildman–Crippen MR) is 115 cm³/mol. The Kier molecular flexibility index (Phi) is 6.14. The van der Waals surface area contributed by atoms with Crippen LogP contribution in [0.25, 0.3) is 11.0 Å². The molecule has 4 rings (SSSR count). The van der Waals surface area contributed by atoms with E-state index in [1.807, 2.05) is 12.1 Å². The Balaban J connectivity index is 1.27. The molecule has 2 N–H and O–H groups in total. The largest absolute Gasteiger partial charge is 0.481 e. The summed E-state index contributed by atoms with van der Waals surface area (Å²) >= 11 is 0. The number of ether oxygens (including phenoxy) is 1. The van der Waals surface area contributed by atoms with Crippen LogP contribution in [0.1, 0.15) is 25.3 Å². The predicted octanol–water partition coefficient (Wildman–Crippen LogP) is 1.92. The molecule has 0 saturated carbocycles. The number of fused-ring (bicyclic) bond motifs is 1. The highest BCUT2D eigenvalue weighted by Crippen LogP contribution is 2.20. The number of carbonyl (C=O) groups excluding carboxylic acids is 1. The minimum absolute atomic E-state index is 0.124. The number of likely N-dealkylation sites (tertiary alicyclic amines) is 1. The second-order valence-corrected chi connectivity index (χ2v) is 7.91. The molecule has 2 aromatic carbocycles. The first-order chi connectivity index (χ1) is 14.6. The zero-order valence-electron chi connectivity index (χ0n) is 17.1. The van der Waals surface area contributed by atoms with Gasteiger partial charge in [0.2, 0.25) is 0 Å². The molecule has 1 amide bonds. The molecule has 1 saturated heterocycles. The summed E-state index contributed by atoms with van der Waals surface area (Å²) in [6.07, 6.45) is 1.29. The van der Waals surface area contributed by atoms with Crippen molar-refractivity contribution in [3.8, 4) is 5.75 Å². The molecule has 30 heavy (non-hydrogen) atoms. The SMILES string of the molecule is C[C@@H](Oc1ccc2ccc(=O)oc2c1)C(=O)NC1CC[NH+](Cc2ccccc2)CC1. The standard InChI is InChI=1S/C24H26N2O4/c1-17(29-21-9-7-19-8-10-23(27)30-22(19)15-21)24(28)25-20-11-13-26(14-12-20)16-18-5-3-2-4-6-18/h2-10,15,17,20H,11-14,16H2,1H3,(H,25,28)/p+1/t17-/m1/s1. The number of quaternary nitrogens is 1. The Morgan fingerprint density at radius 3 is 2.63 bits per heavy atom. The van der Waals surface area contributed by atoms with E-state index < -0.39 is 11.7 Å². The molecule has 0 spiro atoms. The molecule has 0 aliphatic carbocycles. The Labute approximate surface area is 175 Å². The molecule has 6 heteroatoms. The number of carbonyl (C=O) groups is 1. The van der Waals surface area contributed by atoms with E-state index in [-0.39, 0.29) is 11.9 Å². The van der Waals surface area contributed by atoms with Crippen molar-refractivity contribution < 1.29 is 18.8 Å². The number of piperidine rings is 1. The van der Waals surface area contributed by atoms with Gasteiger partial charge in [-0.05, 0) is 25.1 Å². The highest BCUT2D eigenvalue weighted by atomic mass is 16.5. The normalized spacial score (nSPS) is 19.9. The fraction of sp³-hybridized carbons (Fsp3) is 0.333. The fourth-order valence-corrected chi connectivity index (χ4v) is 3.92. The Bertz CT molecular complexity index is 1060. The van der Waals surface area contributed by atoms with Crippen LogP contribution in [-0.2, 0) is 11.3 Å². The third-order valence-electron chi connectivity index (χ3n) is 5.61. The molecule has 156 valence electrons. The van der Waals surface area contributed by atoms with E-state index in [0.29, 0.717) is 11.3 Å². The monoisotopic (exact) mass is 407 g/mol. The highest BCUT2D eigenvalue weighted by molar-refractivity contribution is 5.81. The first-order valence-corrected chi connectivity index (χ1v) is 10.5. The smallest absolute Gasteiger partial charge is 0.336 e. The molecule has 1 aliphatic rings. The summed E-state index contributed by atoms with van der Waals surface area (Å²) in [6.45, 7) is 4.84. The topological polar surface area (TPSA) is 73.0 Å². The lowest BCUT2D eigenvalue weighted by Crippen LogP contribution is -3.12. The average Bonchev–Trinajstić information content (AvgIpc) is 2.75. The Morgan fingerprint density at radius 2 is 1.87 bits per heavy atom. The quantitative estimate of drug-likeness (QED) is 0.613. The molecule has 1 aliphatic heterocycles. The molecule has 3 aromatic rings. The van der Waals surface area contributed by atoms with Crippen LogP contribution in [0.15, 0.2) is 69.9 Å². The zero-order valence-corrected chi connectivity index (χ0v) is 17.1. The first-order valence-electron chi connectivity index (χ1n) is 10.5. The van der Waals surface area contributed by atoms with Crippen molar-refractivity contribution >= 4 is 16.9 Å². The summed E-state index contributed by atoms with van der Waals surface area (Å²) in [4.78, 5) is 25.5. The number of rotatable bonds is 6. The van der Waals surface area contributed by atoms with Crippen LogP contribution in [0, 0.1) is 0 Å². The van der Waals surface area contributed by atoms with E-state index in [4.69, 9.17) is 9.15 Å². The average molecular weight is 407 g/mol. The minimum Gasteiger partial charge on any atom is -0.481 e. The van der Waals surface area contributed by atoms with Gasteiger partial charge < -0.3 is 19.4 Å². The van der Waals surface area contributed by atoms with E-state index >= 15 is 0 Å². The van der Waals surface area contributed by atoms with Crippen LogP contribution >= 0.6 is 0 Å². The molecule has 6 nitrogen and oxygen atoms in total. The summed E-state index contributed by atoms with van der Waals surface area (Å²) in [5.41, 5.74) is 1.38. The summed E-state index contributed by atoms with van der Waals surface area (Å²) < 4.78 is 11.0. The third kappa shape index (κ3) is 5.07. The van der Waals surface area contributed by atoms with Gasteiger partial charge >= 0.3 is 5.63 Å². The van der Waals surface area contributed by atoms with Crippen LogP contribution in [0.5, 0.6) is 5.75 Å². The van der Waals surface area contributed by atoms with E-state index in [9.17, 15) is 9.59 Å². The molecule has 1 aromatic heterocycles. The maximum atomic E-state index is 12.6. The van der Waals surface area contributed by atoms with Gasteiger partial charge in [-0.2, -0.15) is 0 Å². The summed E-state index contributed by atoms with van der Waals surface area (Å²) in [5, 5.41) is 3.93. The lowest BCUT2D eigenvalue weighted by atomic mass is 10.0. The van der Waals surface area contributed by atoms with Gasteiger partial charge in [0.1, 0.15) is 17.9 Å². The van der Waals surface area contributed by atoms with Crippen molar-refractivity contribution in [1.29, 1.82) is 0 Å². The first kappa shape index (κ1) is 20.2. The molecule has 1 atom stereocenters. The van der Waals surface area contributed by atoms with Gasteiger partial charge in [-0.1, -0.05) is 30.3 Å².